The van der Waals surface area contributed by atoms with Crippen LogP contribution in [0.1, 0.15) is 5.82 Å². The van der Waals surface area contributed by atoms with Crippen LogP contribution in [0.5, 0.6) is 5.88 Å². The highest BCUT2D eigenvalue weighted by Gasteiger charge is 2.01. The van der Waals surface area contributed by atoms with Crippen molar-refractivity contribution in [1.29, 1.82) is 0 Å². The third-order valence-corrected chi connectivity index (χ3v) is 1.71. The van der Waals surface area contributed by atoms with Crippen LogP contribution in [-0.2, 0) is 0 Å². The lowest BCUT2D eigenvalue weighted by Crippen LogP contribution is -1.98. The van der Waals surface area contributed by atoms with Crippen LogP contribution in [0.3, 0.4) is 0 Å². The normalized spacial score (nSPS) is 9.50. The SMILES string of the molecule is C=CCOc1nc(C)ncc1Br. The Morgan fingerprint density at radius 3 is 3.17 bits per heavy atom. The molecule has 0 aliphatic heterocycles. The van der Waals surface area contributed by atoms with Gasteiger partial charge in [0.25, 0.3) is 0 Å². The second kappa shape index (κ2) is 4.21. The van der Waals surface area contributed by atoms with Crippen molar-refractivity contribution in [2.24, 2.45) is 0 Å². The number of nitrogens with zero attached hydrogens (tertiary/aromatic N) is 2. The second-order valence-electron chi connectivity index (χ2n) is 2.17. The first-order valence-electron chi connectivity index (χ1n) is 3.47. The molecule has 0 unspecified atom stereocenters. The summed E-state index contributed by atoms with van der Waals surface area (Å²) in [6.07, 6.45) is 3.34. The van der Waals surface area contributed by atoms with E-state index in [1.54, 1.807) is 12.3 Å². The first-order valence-corrected chi connectivity index (χ1v) is 4.26. The molecule has 0 fully saturated rings. The number of rotatable bonds is 3. The number of aromatic nitrogens is 2. The highest BCUT2D eigenvalue weighted by molar-refractivity contribution is 9.10. The molecule has 0 saturated carbocycles. The van der Waals surface area contributed by atoms with Crippen LogP contribution in [0, 0.1) is 6.92 Å². The van der Waals surface area contributed by atoms with E-state index in [1.807, 2.05) is 6.92 Å². The first kappa shape index (κ1) is 9.19. The van der Waals surface area contributed by atoms with Gasteiger partial charge in [0.15, 0.2) is 0 Å². The summed E-state index contributed by atoms with van der Waals surface area (Å²) in [4.78, 5) is 8.07. The lowest BCUT2D eigenvalue weighted by atomic mass is 10.6. The van der Waals surface area contributed by atoms with Gasteiger partial charge in [-0.15, -0.1) is 0 Å². The zero-order chi connectivity index (χ0) is 8.97. The van der Waals surface area contributed by atoms with Crippen molar-refractivity contribution in [3.05, 3.63) is 29.1 Å². The molecule has 1 aromatic heterocycles. The standard InChI is InChI=1S/C8H9BrN2O/c1-3-4-12-8-7(9)5-10-6(2)11-8/h3,5H,1,4H2,2H3. The van der Waals surface area contributed by atoms with E-state index in [0.717, 1.165) is 4.47 Å². The molecule has 4 heteroatoms. The minimum Gasteiger partial charge on any atom is -0.473 e. The van der Waals surface area contributed by atoms with Crippen LogP contribution in [0.15, 0.2) is 23.3 Å². The Balaban J connectivity index is 2.82. The molecule has 0 spiro atoms. The summed E-state index contributed by atoms with van der Waals surface area (Å²) in [7, 11) is 0. The van der Waals surface area contributed by atoms with Crippen LogP contribution in [0.25, 0.3) is 0 Å². The molecule has 0 saturated heterocycles. The third kappa shape index (κ3) is 2.30. The maximum atomic E-state index is 5.25. The van der Waals surface area contributed by atoms with E-state index in [4.69, 9.17) is 4.74 Å². The Hall–Kier alpha value is -0.900. The predicted molar refractivity (Wildman–Crippen MR) is 50.2 cm³/mol. The highest BCUT2D eigenvalue weighted by Crippen LogP contribution is 2.20. The van der Waals surface area contributed by atoms with Crippen LogP contribution in [-0.4, -0.2) is 16.6 Å². The lowest BCUT2D eigenvalue weighted by Gasteiger charge is -2.03. The van der Waals surface area contributed by atoms with Crippen molar-refractivity contribution in [3.63, 3.8) is 0 Å². The molecule has 0 aliphatic carbocycles. The third-order valence-electron chi connectivity index (χ3n) is 1.17. The van der Waals surface area contributed by atoms with Crippen molar-refractivity contribution in [1.82, 2.24) is 9.97 Å². The summed E-state index contributed by atoms with van der Waals surface area (Å²) in [5.74, 6) is 1.25. The molecule has 64 valence electrons. The van der Waals surface area contributed by atoms with E-state index in [1.165, 1.54) is 0 Å². The zero-order valence-electron chi connectivity index (χ0n) is 6.75. The average Bonchev–Trinajstić information content (AvgIpc) is 2.07. The maximum absolute atomic E-state index is 5.25. The molecule has 0 amide bonds. The Bertz CT molecular complexity index is 288. The number of aryl methyl sites for hydroxylation is 1. The minimum atomic E-state index is 0.453. The number of hydrogen-bond acceptors (Lipinski definition) is 3. The predicted octanol–water partition coefficient (Wildman–Crippen LogP) is 2.11. The van der Waals surface area contributed by atoms with Gasteiger partial charge in [0.05, 0.1) is 4.47 Å². The fraction of sp³-hybridized carbons (Fsp3) is 0.250. The summed E-state index contributed by atoms with van der Waals surface area (Å²) in [6.45, 7) is 5.81. The molecule has 1 heterocycles. The first-order chi connectivity index (χ1) is 5.74. The van der Waals surface area contributed by atoms with Crippen molar-refractivity contribution >= 4 is 15.9 Å². The van der Waals surface area contributed by atoms with Crippen molar-refractivity contribution < 1.29 is 4.74 Å². The minimum absolute atomic E-state index is 0.453. The van der Waals surface area contributed by atoms with Gasteiger partial charge in [0.2, 0.25) is 5.88 Å². The van der Waals surface area contributed by atoms with Crippen LogP contribution in [0.2, 0.25) is 0 Å². The van der Waals surface area contributed by atoms with E-state index in [-0.39, 0.29) is 0 Å². The van der Waals surface area contributed by atoms with Crippen molar-refractivity contribution in [2.75, 3.05) is 6.61 Å². The Kier molecular flexibility index (Phi) is 3.22. The van der Waals surface area contributed by atoms with Crippen LogP contribution >= 0.6 is 15.9 Å². The van der Waals surface area contributed by atoms with Gasteiger partial charge in [0.1, 0.15) is 12.4 Å². The van der Waals surface area contributed by atoms with E-state index < -0.39 is 0 Å². The van der Waals surface area contributed by atoms with Gasteiger partial charge in [-0.25, -0.2) is 4.98 Å². The van der Waals surface area contributed by atoms with Gasteiger partial charge in [-0.2, -0.15) is 4.98 Å². The molecular formula is C8H9BrN2O. The van der Waals surface area contributed by atoms with E-state index in [2.05, 4.69) is 32.5 Å². The molecular weight excluding hydrogens is 220 g/mol. The summed E-state index contributed by atoms with van der Waals surface area (Å²) in [5.41, 5.74) is 0. The lowest BCUT2D eigenvalue weighted by molar-refractivity contribution is 0.344. The fourth-order valence-electron chi connectivity index (χ4n) is 0.674. The Morgan fingerprint density at radius 1 is 1.75 bits per heavy atom. The monoisotopic (exact) mass is 228 g/mol. The summed E-state index contributed by atoms with van der Waals surface area (Å²) in [5, 5.41) is 0. The van der Waals surface area contributed by atoms with Crippen molar-refractivity contribution in [2.45, 2.75) is 6.92 Å². The van der Waals surface area contributed by atoms with Crippen LogP contribution in [0.4, 0.5) is 0 Å². The van der Waals surface area contributed by atoms with E-state index in [0.29, 0.717) is 18.3 Å². The van der Waals surface area contributed by atoms with Gasteiger partial charge >= 0.3 is 0 Å². The molecule has 3 nitrogen and oxygen atoms in total. The summed E-state index contributed by atoms with van der Waals surface area (Å²) >= 11 is 3.28. The smallest absolute Gasteiger partial charge is 0.231 e. The van der Waals surface area contributed by atoms with E-state index in [9.17, 15) is 0 Å². The van der Waals surface area contributed by atoms with Gasteiger partial charge in [0, 0.05) is 6.20 Å². The van der Waals surface area contributed by atoms with Gasteiger partial charge in [-0.3, -0.25) is 0 Å². The highest BCUT2D eigenvalue weighted by atomic mass is 79.9. The molecule has 0 bridgehead atoms. The quantitative estimate of drug-likeness (QED) is 0.744. The topological polar surface area (TPSA) is 35.0 Å². The average molecular weight is 229 g/mol. The molecule has 0 aliphatic rings. The largest absolute Gasteiger partial charge is 0.473 e. The van der Waals surface area contributed by atoms with Crippen molar-refractivity contribution in [3.8, 4) is 5.88 Å². The number of halogens is 1. The molecule has 0 radical (unpaired) electrons. The zero-order valence-corrected chi connectivity index (χ0v) is 8.34. The van der Waals surface area contributed by atoms with E-state index >= 15 is 0 Å². The molecule has 0 N–H and O–H groups in total. The second-order valence-corrected chi connectivity index (χ2v) is 3.02. The van der Waals surface area contributed by atoms with Crippen LogP contribution < -0.4 is 4.74 Å². The molecule has 0 aromatic carbocycles. The van der Waals surface area contributed by atoms with Gasteiger partial charge < -0.3 is 4.74 Å². The molecule has 1 aromatic rings. The Labute approximate surface area is 79.6 Å². The maximum Gasteiger partial charge on any atom is 0.231 e. The number of hydrogen-bond donors (Lipinski definition) is 0. The molecule has 12 heavy (non-hydrogen) atoms. The summed E-state index contributed by atoms with van der Waals surface area (Å²) in [6, 6.07) is 0. The Morgan fingerprint density at radius 2 is 2.50 bits per heavy atom. The summed E-state index contributed by atoms with van der Waals surface area (Å²) < 4.78 is 6.01. The fourth-order valence-corrected chi connectivity index (χ4v) is 0.979. The van der Waals surface area contributed by atoms with Gasteiger partial charge in [-0.05, 0) is 22.9 Å². The molecule has 1 rings (SSSR count). The molecule has 0 atom stereocenters. The van der Waals surface area contributed by atoms with Gasteiger partial charge in [-0.1, -0.05) is 12.7 Å². The number of ether oxygens (including phenoxy) is 1.